The molecule has 4 N–H and O–H groups in total. The van der Waals surface area contributed by atoms with Crippen LogP contribution in [-0.2, 0) is 6.54 Å². The number of benzene rings is 2. The normalized spacial score (nSPS) is 12.4. The maximum Gasteiger partial charge on any atom is 0.231 e. The second kappa shape index (κ2) is 4.61. The van der Waals surface area contributed by atoms with Crippen molar-refractivity contribution in [2.75, 3.05) is 17.8 Å². The van der Waals surface area contributed by atoms with Crippen LogP contribution in [0, 0.1) is 0 Å². The van der Waals surface area contributed by atoms with Gasteiger partial charge in [-0.1, -0.05) is 6.07 Å². The molecule has 1 aliphatic heterocycles. The Bertz CT molecular complexity index is 593. The molecule has 19 heavy (non-hydrogen) atoms. The Morgan fingerprint density at radius 1 is 1.16 bits per heavy atom. The number of aromatic hydroxyl groups is 1. The maximum atomic E-state index is 9.76. The Kier molecular flexibility index (Phi) is 2.79. The lowest BCUT2D eigenvalue weighted by atomic mass is 10.1. The third-order valence-corrected chi connectivity index (χ3v) is 3.03. The van der Waals surface area contributed by atoms with E-state index in [-0.39, 0.29) is 12.5 Å². The molecule has 98 valence electrons. The van der Waals surface area contributed by atoms with Crippen molar-refractivity contribution in [1.82, 2.24) is 0 Å². The molecule has 2 aromatic rings. The van der Waals surface area contributed by atoms with Crippen molar-refractivity contribution < 1.29 is 14.6 Å². The van der Waals surface area contributed by atoms with Gasteiger partial charge in [-0.2, -0.15) is 0 Å². The first kappa shape index (κ1) is 11.5. The molecule has 0 spiro atoms. The molecule has 3 rings (SSSR count). The number of nitrogens with one attached hydrogen (secondary N) is 1. The Hall–Kier alpha value is -2.56. The van der Waals surface area contributed by atoms with Crippen LogP contribution < -0.4 is 20.5 Å². The van der Waals surface area contributed by atoms with Crippen LogP contribution in [0.3, 0.4) is 0 Å². The Balaban J connectivity index is 1.76. The summed E-state index contributed by atoms with van der Waals surface area (Å²) in [4.78, 5) is 0. The molecule has 2 aromatic carbocycles. The van der Waals surface area contributed by atoms with Crippen LogP contribution in [-0.4, -0.2) is 11.9 Å². The minimum Gasteiger partial charge on any atom is -0.508 e. The number of ether oxygens (including phenoxy) is 2. The molecule has 5 heteroatoms. The van der Waals surface area contributed by atoms with E-state index >= 15 is 0 Å². The van der Waals surface area contributed by atoms with E-state index in [1.165, 1.54) is 0 Å². The van der Waals surface area contributed by atoms with Gasteiger partial charge in [0.1, 0.15) is 5.75 Å². The van der Waals surface area contributed by atoms with Crippen molar-refractivity contribution in [2.24, 2.45) is 0 Å². The zero-order valence-electron chi connectivity index (χ0n) is 10.2. The molecule has 0 saturated carbocycles. The van der Waals surface area contributed by atoms with E-state index in [2.05, 4.69) is 5.32 Å². The first-order valence-electron chi connectivity index (χ1n) is 5.94. The van der Waals surface area contributed by atoms with E-state index in [1.54, 1.807) is 18.2 Å². The molecule has 0 bridgehead atoms. The molecule has 5 nitrogen and oxygen atoms in total. The summed E-state index contributed by atoms with van der Waals surface area (Å²) in [7, 11) is 0. The highest BCUT2D eigenvalue weighted by Gasteiger charge is 2.13. The van der Waals surface area contributed by atoms with Gasteiger partial charge in [0.25, 0.3) is 0 Å². The molecule has 0 aromatic heterocycles. The van der Waals surface area contributed by atoms with E-state index < -0.39 is 0 Å². The highest BCUT2D eigenvalue weighted by Crippen LogP contribution is 2.34. The van der Waals surface area contributed by atoms with Crippen LogP contribution in [0.25, 0.3) is 0 Å². The molecule has 0 aliphatic carbocycles. The Labute approximate surface area is 110 Å². The zero-order chi connectivity index (χ0) is 13.2. The number of hydrogen-bond acceptors (Lipinski definition) is 5. The number of phenols is 1. The maximum absolute atomic E-state index is 9.76. The summed E-state index contributed by atoms with van der Waals surface area (Å²) >= 11 is 0. The molecule has 0 atom stereocenters. The first-order chi connectivity index (χ1) is 9.24. The van der Waals surface area contributed by atoms with Crippen LogP contribution >= 0.6 is 0 Å². The van der Waals surface area contributed by atoms with Gasteiger partial charge in [-0.15, -0.1) is 0 Å². The quantitative estimate of drug-likeness (QED) is 0.736. The monoisotopic (exact) mass is 258 g/mol. The largest absolute Gasteiger partial charge is 0.508 e. The van der Waals surface area contributed by atoms with Crippen molar-refractivity contribution in [3.63, 3.8) is 0 Å². The van der Waals surface area contributed by atoms with E-state index in [0.717, 1.165) is 17.2 Å². The lowest BCUT2D eigenvalue weighted by Crippen LogP contribution is -2.03. The summed E-state index contributed by atoms with van der Waals surface area (Å²) in [5.41, 5.74) is 7.96. The molecule has 0 amide bonds. The number of nitrogen functional groups attached to an aromatic ring is 1. The van der Waals surface area contributed by atoms with E-state index in [0.29, 0.717) is 17.8 Å². The zero-order valence-corrected chi connectivity index (χ0v) is 10.2. The van der Waals surface area contributed by atoms with Crippen LogP contribution in [0.5, 0.6) is 17.2 Å². The molecule has 0 radical (unpaired) electrons. The van der Waals surface area contributed by atoms with Crippen molar-refractivity contribution in [2.45, 2.75) is 6.54 Å². The summed E-state index contributed by atoms with van der Waals surface area (Å²) < 4.78 is 10.5. The lowest BCUT2D eigenvalue weighted by molar-refractivity contribution is 0.174. The van der Waals surface area contributed by atoms with Gasteiger partial charge in [0.15, 0.2) is 11.5 Å². The van der Waals surface area contributed by atoms with Gasteiger partial charge in [0, 0.05) is 29.5 Å². The summed E-state index contributed by atoms with van der Waals surface area (Å²) in [6, 6.07) is 10.7. The van der Waals surface area contributed by atoms with Crippen molar-refractivity contribution >= 4 is 11.4 Å². The molecule has 0 fully saturated rings. The van der Waals surface area contributed by atoms with Gasteiger partial charge >= 0.3 is 0 Å². The minimum atomic E-state index is 0.188. The Morgan fingerprint density at radius 3 is 2.84 bits per heavy atom. The minimum absolute atomic E-state index is 0.188. The second-order valence-corrected chi connectivity index (χ2v) is 4.27. The SMILES string of the molecule is Nc1cccc(O)c1CNc1ccc2c(c1)OCO2. The smallest absolute Gasteiger partial charge is 0.231 e. The number of fused-ring (bicyclic) bond motifs is 1. The fraction of sp³-hybridized carbons (Fsp3) is 0.143. The van der Waals surface area contributed by atoms with E-state index in [4.69, 9.17) is 15.2 Å². The van der Waals surface area contributed by atoms with Gasteiger partial charge in [0.2, 0.25) is 6.79 Å². The standard InChI is InChI=1S/C14H14N2O3/c15-11-2-1-3-12(17)10(11)7-16-9-4-5-13-14(6-9)19-8-18-13/h1-6,16-17H,7-8,15H2. The first-order valence-corrected chi connectivity index (χ1v) is 5.94. The highest BCUT2D eigenvalue weighted by molar-refractivity contribution is 5.58. The van der Waals surface area contributed by atoms with Crippen molar-refractivity contribution in [3.05, 3.63) is 42.0 Å². The predicted molar refractivity (Wildman–Crippen MR) is 72.4 cm³/mol. The molecule has 0 saturated heterocycles. The molecular formula is C14H14N2O3. The fourth-order valence-corrected chi connectivity index (χ4v) is 1.98. The summed E-state index contributed by atoms with van der Waals surface area (Å²) in [6.07, 6.45) is 0. The lowest BCUT2D eigenvalue weighted by Gasteiger charge is -2.11. The van der Waals surface area contributed by atoms with Gasteiger partial charge in [-0.05, 0) is 24.3 Å². The van der Waals surface area contributed by atoms with Gasteiger partial charge in [-0.3, -0.25) is 0 Å². The van der Waals surface area contributed by atoms with Crippen LogP contribution in [0.4, 0.5) is 11.4 Å². The van der Waals surface area contributed by atoms with Gasteiger partial charge < -0.3 is 25.6 Å². The highest BCUT2D eigenvalue weighted by atomic mass is 16.7. The molecule has 1 heterocycles. The van der Waals surface area contributed by atoms with Crippen LogP contribution in [0.2, 0.25) is 0 Å². The van der Waals surface area contributed by atoms with Gasteiger partial charge in [-0.25, -0.2) is 0 Å². The topological polar surface area (TPSA) is 76.7 Å². The van der Waals surface area contributed by atoms with Crippen molar-refractivity contribution in [1.29, 1.82) is 0 Å². The second-order valence-electron chi connectivity index (χ2n) is 4.27. The Morgan fingerprint density at radius 2 is 2.00 bits per heavy atom. The summed E-state index contributed by atoms with van der Waals surface area (Å²) in [5.74, 6) is 1.65. The average molecular weight is 258 g/mol. The number of rotatable bonds is 3. The fourth-order valence-electron chi connectivity index (χ4n) is 1.98. The number of hydrogen-bond donors (Lipinski definition) is 3. The van der Waals surface area contributed by atoms with Crippen molar-refractivity contribution in [3.8, 4) is 17.2 Å². The molecule has 1 aliphatic rings. The molecule has 0 unspecified atom stereocenters. The third kappa shape index (κ3) is 2.22. The summed E-state index contributed by atoms with van der Waals surface area (Å²) in [5, 5.41) is 13.0. The molecular weight excluding hydrogens is 244 g/mol. The van der Waals surface area contributed by atoms with Crippen LogP contribution in [0.1, 0.15) is 5.56 Å². The number of phenolic OH excluding ortho intramolecular Hbond substituents is 1. The average Bonchev–Trinajstić information content (AvgIpc) is 2.85. The van der Waals surface area contributed by atoms with Crippen LogP contribution in [0.15, 0.2) is 36.4 Å². The van der Waals surface area contributed by atoms with Gasteiger partial charge in [0.05, 0.1) is 0 Å². The number of anilines is 2. The van der Waals surface area contributed by atoms with E-state index in [9.17, 15) is 5.11 Å². The summed E-state index contributed by atoms with van der Waals surface area (Å²) in [6.45, 7) is 0.698. The third-order valence-electron chi connectivity index (χ3n) is 3.03. The predicted octanol–water partition coefficient (Wildman–Crippen LogP) is 2.32. The van der Waals surface area contributed by atoms with E-state index in [1.807, 2.05) is 18.2 Å². The number of nitrogens with two attached hydrogens (primary N) is 1.